The fraction of sp³-hybridized carbons (Fsp3) is 0.357. The molecule has 2 aliphatic carbocycles. The first-order valence-electron chi connectivity index (χ1n) is 11.5. The summed E-state index contributed by atoms with van der Waals surface area (Å²) in [6, 6.07) is 15.0. The van der Waals surface area contributed by atoms with E-state index in [1.54, 1.807) is 12.1 Å². The summed E-state index contributed by atoms with van der Waals surface area (Å²) >= 11 is 6.07. The summed E-state index contributed by atoms with van der Waals surface area (Å²) in [5.41, 5.74) is 2.28. The summed E-state index contributed by atoms with van der Waals surface area (Å²) in [4.78, 5) is 18.3. The number of nitrogens with zero attached hydrogens (tertiary/aromatic N) is 1. The van der Waals surface area contributed by atoms with Gasteiger partial charge in [-0.05, 0) is 72.2 Å². The van der Waals surface area contributed by atoms with E-state index in [0.29, 0.717) is 22.2 Å². The van der Waals surface area contributed by atoms with Crippen molar-refractivity contribution in [2.45, 2.75) is 47.0 Å². The van der Waals surface area contributed by atoms with Gasteiger partial charge in [-0.15, -0.1) is 0 Å². The molecule has 3 aromatic rings. The van der Waals surface area contributed by atoms with Gasteiger partial charge in [0.25, 0.3) is 0 Å². The Morgan fingerprint density at radius 2 is 1.91 bits per heavy atom. The number of aliphatic hydroxyl groups is 1. The number of ether oxygens (including phenoxy) is 1. The molecule has 1 fully saturated rings. The van der Waals surface area contributed by atoms with Crippen LogP contribution in [0.4, 0.5) is 0 Å². The number of aromatic nitrogens is 1. The SMILES string of the molecule is CCc1ccc(Oc2ccc3cc(Cl)ccc3n2)cc1C1=C(O)[C@@H]2CC[C@](C)(C1=O)C2(C)C. The van der Waals surface area contributed by atoms with Crippen molar-refractivity contribution in [1.82, 2.24) is 4.98 Å². The number of Topliss-reactive ketones (excluding diaryl/α,β-unsaturated/α-hetero) is 1. The highest BCUT2D eigenvalue weighted by atomic mass is 35.5. The monoisotopic (exact) mass is 461 g/mol. The van der Waals surface area contributed by atoms with Gasteiger partial charge in [0, 0.05) is 27.8 Å². The Morgan fingerprint density at radius 3 is 2.67 bits per heavy atom. The Morgan fingerprint density at radius 1 is 1.12 bits per heavy atom. The zero-order valence-electron chi connectivity index (χ0n) is 19.4. The van der Waals surface area contributed by atoms with E-state index in [4.69, 9.17) is 16.3 Å². The second-order valence-corrected chi connectivity index (χ2v) is 10.4. The van der Waals surface area contributed by atoms with Crippen molar-refractivity contribution in [2.75, 3.05) is 0 Å². The van der Waals surface area contributed by atoms with Crippen LogP contribution in [0.2, 0.25) is 5.02 Å². The van der Waals surface area contributed by atoms with Crippen molar-refractivity contribution in [2.24, 2.45) is 16.7 Å². The Balaban J connectivity index is 1.57. The number of hydrogen-bond acceptors (Lipinski definition) is 4. The van der Waals surface area contributed by atoms with Gasteiger partial charge in [-0.1, -0.05) is 45.4 Å². The normalized spacial score (nSPS) is 23.9. The standard InChI is InChI=1S/C28H28ClNO3/c1-5-16-6-9-19(33-23-11-7-17-14-18(29)8-10-22(17)30-23)15-20(16)24-25(31)21-12-13-28(4,26(24)32)27(21,2)3/h6-11,14-15,21,31H,5,12-13H2,1-4H3/t21-,28+/m0/s1. The molecule has 1 heterocycles. The molecule has 0 saturated heterocycles. The van der Waals surface area contributed by atoms with Crippen LogP contribution in [0.25, 0.3) is 16.5 Å². The van der Waals surface area contributed by atoms with E-state index >= 15 is 0 Å². The molecule has 2 aromatic carbocycles. The number of rotatable bonds is 4. The second-order valence-electron chi connectivity index (χ2n) is 10.00. The highest BCUT2D eigenvalue weighted by molar-refractivity contribution is 6.31. The molecule has 0 radical (unpaired) electrons. The second kappa shape index (κ2) is 7.59. The predicted molar refractivity (Wildman–Crippen MR) is 132 cm³/mol. The molecule has 0 unspecified atom stereocenters. The molecule has 1 saturated carbocycles. The molecule has 0 spiro atoms. The minimum atomic E-state index is -0.484. The maximum Gasteiger partial charge on any atom is 0.219 e. The van der Waals surface area contributed by atoms with Crippen LogP contribution in [0.15, 0.2) is 54.3 Å². The van der Waals surface area contributed by atoms with E-state index in [2.05, 4.69) is 32.7 Å². The highest BCUT2D eigenvalue weighted by Crippen LogP contribution is 2.63. The zero-order chi connectivity index (χ0) is 23.5. The van der Waals surface area contributed by atoms with Crippen molar-refractivity contribution in [1.29, 1.82) is 0 Å². The minimum absolute atomic E-state index is 0.0153. The Labute approximate surface area is 199 Å². The lowest BCUT2D eigenvalue weighted by molar-refractivity contribution is -0.128. The molecule has 2 aliphatic rings. The van der Waals surface area contributed by atoms with Gasteiger partial charge < -0.3 is 9.84 Å². The van der Waals surface area contributed by atoms with E-state index in [1.807, 2.05) is 36.4 Å². The number of hydrogen-bond donors (Lipinski definition) is 1. The molecule has 170 valence electrons. The van der Waals surface area contributed by atoms with Crippen molar-refractivity contribution in [3.63, 3.8) is 0 Å². The first-order valence-corrected chi connectivity index (χ1v) is 11.9. The number of fused-ring (bicyclic) bond motifs is 3. The predicted octanol–water partition coefficient (Wildman–Crippen LogP) is 7.54. The summed E-state index contributed by atoms with van der Waals surface area (Å²) in [5, 5.41) is 12.9. The topological polar surface area (TPSA) is 59.4 Å². The van der Waals surface area contributed by atoms with E-state index in [9.17, 15) is 9.90 Å². The molecule has 0 aliphatic heterocycles. The summed E-state index contributed by atoms with van der Waals surface area (Å²) in [6.07, 6.45) is 2.37. The first-order chi connectivity index (χ1) is 15.7. The first kappa shape index (κ1) is 22.0. The van der Waals surface area contributed by atoms with Crippen molar-refractivity contribution in [3.05, 3.63) is 70.4 Å². The van der Waals surface area contributed by atoms with Crippen LogP contribution in [-0.2, 0) is 11.2 Å². The van der Waals surface area contributed by atoms with E-state index in [0.717, 1.165) is 41.3 Å². The van der Waals surface area contributed by atoms with Crippen LogP contribution in [0, 0.1) is 16.7 Å². The molecule has 4 nitrogen and oxygen atoms in total. The maximum absolute atomic E-state index is 13.8. The molecule has 0 amide bonds. The van der Waals surface area contributed by atoms with E-state index in [1.165, 1.54) is 0 Å². The highest BCUT2D eigenvalue weighted by Gasteiger charge is 2.61. The zero-order valence-corrected chi connectivity index (χ0v) is 20.2. The van der Waals surface area contributed by atoms with Gasteiger partial charge in [0.2, 0.25) is 5.88 Å². The number of aryl methyl sites for hydroxylation is 1. The van der Waals surface area contributed by atoms with Gasteiger partial charge in [-0.25, -0.2) is 4.98 Å². The molecule has 33 heavy (non-hydrogen) atoms. The molecule has 2 bridgehead atoms. The van der Waals surface area contributed by atoms with Gasteiger partial charge >= 0.3 is 0 Å². The summed E-state index contributed by atoms with van der Waals surface area (Å²) in [6.45, 7) is 8.32. The Hall–Kier alpha value is -2.85. The number of halogens is 1. The molecule has 5 heteroatoms. The quantitative estimate of drug-likeness (QED) is 0.436. The average Bonchev–Trinajstić information content (AvgIpc) is 2.97. The van der Waals surface area contributed by atoms with Crippen LogP contribution < -0.4 is 4.74 Å². The lowest BCUT2D eigenvalue weighted by atomic mass is 9.58. The third-order valence-electron chi connectivity index (χ3n) is 8.12. The summed E-state index contributed by atoms with van der Waals surface area (Å²) < 4.78 is 6.09. The van der Waals surface area contributed by atoms with Crippen LogP contribution in [0.1, 0.15) is 51.7 Å². The number of benzene rings is 2. The van der Waals surface area contributed by atoms with Gasteiger partial charge in [0.15, 0.2) is 5.78 Å². The molecule has 1 aromatic heterocycles. The smallest absolute Gasteiger partial charge is 0.219 e. The van der Waals surface area contributed by atoms with Crippen molar-refractivity contribution >= 4 is 33.9 Å². The van der Waals surface area contributed by atoms with Crippen LogP contribution in [0.3, 0.4) is 0 Å². The van der Waals surface area contributed by atoms with Gasteiger partial charge in [-0.2, -0.15) is 0 Å². The third kappa shape index (κ3) is 3.26. The fourth-order valence-electron chi connectivity index (χ4n) is 5.63. The lowest BCUT2D eigenvalue weighted by Gasteiger charge is -2.45. The number of ketones is 1. The number of carbonyl (C=O) groups excluding carboxylic acids is 1. The van der Waals surface area contributed by atoms with Crippen LogP contribution >= 0.6 is 11.6 Å². The number of allylic oxidation sites excluding steroid dienone is 2. The van der Waals surface area contributed by atoms with Gasteiger partial charge in [0.05, 0.1) is 11.1 Å². The number of carbonyl (C=O) groups is 1. The summed E-state index contributed by atoms with van der Waals surface area (Å²) in [5.74, 6) is 1.29. The van der Waals surface area contributed by atoms with Crippen LogP contribution in [0.5, 0.6) is 11.6 Å². The number of pyridine rings is 1. The largest absolute Gasteiger partial charge is 0.511 e. The van der Waals surface area contributed by atoms with Gasteiger partial charge in [0.1, 0.15) is 11.5 Å². The molecule has 1 N–H and O–H groups in total. The van der Waals surface area contributed by atoms with Crippen LogP contribution in [-0.4, -0.2) is 15.9 Å². The molecule has 2 atom stereocenters. The lowest BCUT2D eigenvalue weighted by Crippen LogP contribution is -2.45. The molecular formula is C28H28ClNO3. The maximum atomic E-state index is 13.8. The van der Waals surface area contributed by atoms with Crippen molar-refractivity contribution < 1.29 is 14.6 Å². The third-order valence-corrected chi connectivity index (χ3v) is 8.36. The minimum Gasteiger partial charge on any atom is -0.511 e. The van der Waals surface area contributed by atoms with Gasteiger partial charge in [-0.3, -0.25) is 4.79 Å². The van der Waals surface area contributed by atoms with E-state index in [-0.39, 0.29) is 22.9 Å². The molecule has 5 rings (SSSR count). The Bertz CT molecular complexity index is 1330. The fourth-order valence-corrected chi connectivity index (χ4v) is 5.81. The average molecular weight is 462 g/mol. The van der Waals surface area contributed by atoms with Crippen molar-refractivity contribution in [3.8, 4) is 11.6 Å². The molecular weight excluding hydrogens is 434 g/mol. The summed E-state index contributed by atoms with van der Waals surface area (Å²) in [7, 11) is 0. The number of aliphatic hydroxyl groups excluding tert-OH is 1. The Kier molecular flexibility index (Phi) is 5.06. The van der Waals surface area contributed by atoms with E-state index < -0.39 is 5.41 Å².